The molecule has 0 saturated heterocycles. The molecule has 0 aliphatic rings. The van der Waals surface area contributed by atoms with Gasteiger partial charge in [0.05, 0.1) is 0 Å². The van der Waals surface area contributed by atoms with Gasteiger partial charge >= 0.3 is 0 Å². The van der Waals surface area contributed by atoms with E-state index in [2.05, 4.69) is 53.1 Å². The molecule has 0 saturated carbocycles. The monoisotopic (exact) mass is 273 g/mol. The van der Waals surface area contributed by atoms with Gasteiger partial charge in [-0.2, -0.15) is 0 Å². The van der Waals surface area contributed by atoms with Crippen LogP contribution in [-0.2, 0) is 0 Å². The van der Waals surface area contributed by atoms with Gasteiger partial charge in [0.25, 0.3) is 0 Å². The molecule has 5 nitrogen and oxygen atoms in total. The van der Waals surface area contributed by atoms with Crippen molar-refractivity contribution >= 4 is 17.0 Å². The van der Waals surface area contributed by atoms with E-state index in [4.69, 9.17) is 0 Å². The molecule has 1 N–H and O–H groups in total. The topological polar surface area (TPSA) is 53.9 Å². The van der Waals surface area contributed by atoms with E-state index in [0.717, 1.165) is 24.3 Å². The standard InChI is InChI=1S/C15H23N5/c1-11(2)9-12(10-20(3)4)18-14-6-5-13-15(19-14)17-8-7-16-13/h5-8,11-12H,9-10H2,1-4H3,(H,17,18,19). The minimum absolute atomic E-state index is 0.381. The molecule has 0 aliphatic heterocycles. The van der Waals surface area contributed by atoms with E-state index in [-0.39, 0.29) is 0 Å². The first-order valence-corrected chi connectivity index (χ1v) is 7.03. The average Bonchev–Trinajstić information content (AvgIpc) is 2.37. The van der Waals surface area contributed by atoms with Crippen molar-refractivity contribution in [2.45, 2.75) is 26.3 Å². The van der Waals surface area contributed by atoms with Gasteiger partial charge in [0.1, 0.15) is 11.3 Å². The lowest BCUT2D eigenvalue weighted by molar-refractivity contribution is 0.356. The second-order valence-corrected chi connectivity index (χ2v) is 5.83. The Kier molecular flexibility index (Phi) is 4.84. The molecule has 20 heavy (non-hydrogen) atoms. The van der Waals surface area contributed by atoms with Crippen LogP contribution < -0.4 is 5.32 Å². The van der Waals surface area contributed by atoms with Crippen LogP contribution in [0.25, 0.3) is 11.2 Å². The van der Waals surface area contributed by atoms with Gasteiger partial charge in [-0.15, -0.1) is 0 Å². The Morgan fingerprint density at radius 1 is 1.15 bits per heavy atom. The lowest BCUT2D eigenvalue weighted by Gasteiger charge is -2.24. The summed E-state index contributed by atoms with van der Waals surface area (Å²) in [5, 5.41) is 3.51. The molecule has 1 atom stereocenters. The van der Waals surface area contributed by atoms with Gasteiger partial charge in [-0.1, -0.05) is 13.8 Å². The van der Waals surface area contributed by atoms with Crippen LogP contribution >= 0.6 is 0 Å². The fraction of sp³-hybridized carbons (Fsp3) is 0.533. The lowest BCUT2D eigenvalue weighted by atomic mass is 10.0. The van der Waals surface area contributed by atoms with E-state index in [0.29, 0.717) is 17.6 Å². The van der Waals surface area contributed by atoms with Crippen LogP contribution in [0.3, 0.4) is 0 Å². The molecule has 5 heteroatoms. The summed E-state index contributed by atoms with van der Waals surface area (Å²) in [6.45, 7) is 5.46. The molecule has 2 aromatic heterocycles. The van der Waals surface area contributed by atoms with Crippen molar-refractivity contribution in [2.75, 3.05) is 26.0 Å². The maximum atomic E-state index is 4.53. The normalized spacial score (nSPS) is 13.1. The third-order valence-corrected chi connectivity index (χ3v) is 3.03. The Bertz CT molecular complexity index is 543. The second kappa shape index (κ2) is 6.61. The number of hydrogen-bond donors (Lipinski definition) is 1. The van der Waals surface area contributed by atoms with Gasteiger partial charge < -0.3 is 10.2 Å². The number of anilines is 1. The van der Waals surface area contributed by atoms with E-state index in [1.54, 1.807) is 12.4 Å². The largest absolute Gasteiger partial charge is 0.366 e. The van der Waals surface area contributed by atoms with Crippen LogP contribution in [0.5, 0.6) is 0 Å². The molecule has 0 fully saturated rings. The van der Waals surface area contributed by atoms with Crippen molar-refractivity contribution in [1.29, 1.82) is 0 Å². The molecule has 0 spiro atoms. The Hall–Kier alpha value is -1.75. The summed E-state index contributed by atoms with van der Waals surface area (Å²) < 4.78 is 0. The van der Waals surface area contributed by atoms with Gasteiger partial charge in [-0.05, 0) is 38.6 Å². The van der Waals surface area contributed by atoms with Gasteiger partial charge in [-0.3, -0.25) is 4.98 Å². The van der Waals surface area contributed by atoms with Crippen molar-refractivity contribution in [2.24, 2.45) is 5.92 Å². The van der Waals surface area contributed by atoms with Gasteiger partial charge in [-0.25, -0.2) is 9.97 Å². The Morgan fingerprint density at radius 2 is 1.90 bits per heavy atom. The number of nitrogens with zero attached hydrogens (tertiary/aromatic N) is 4. The Labute approximate surface area is 120 Å². The zero-order valence-corrected chi connectivity index (χ0v) is 12.7. The van der Waals surface area contributed by atoms with E-state index in [9.17, 15) is 0 Å². The van der Waals surface area contributed by atoms with Crippen LogP contribution in [0, 0.1) is 5.92 Å². The predicted molar refractivity (Wildman–Crippen MR) is 82.8 cm³/mol. The summed E-state index contributed by atoms with van der Waals surface area (Å²) in [4.78, 5) is 15.2. The lowest BCUT2D eigenvalue weighted by Crippen LogP contribution is -2.33. The van der Waals surface area contributed by atoms with Crippen molar-refractivity contribution in [3.63, 3.8) is 0 Å². The highest BCUT2D eigenvalue weighted by atomic mass is 15.1. The van der Waals surface area contributed by atoms with Gasteiger partial charge in [0.2, 0.25) is 0 Å². The third-order valence-electron chi connectivity index (χ3n) is 3.03. The minimum atomic E-state index is 0.381. The van der Waals surface area contributed by atoms with E-state index < -0.39 is 0 Å². The third kappa shape index (κ3) is 4.13. The molecule has 0 aromatic carbocycles. The molecule has 1 unspecified atom stereocenters. The molecule has 0 aliphatic carbocycles. The molecule has 2 aromatic rings. The highest BCUT2D eigenvalue weighted by molar-refractivity contribution is 5.71. The number of hydrogen-bond acceptors (Lipinski definition) is 5. The molecular formula is C15H23N5. The first-order chi connectivity index (χ1) is 9.54. The predicted octanol–water partition coefficient (Wildman–Crippen LogP) is 2.41. The SMILES string of the molecule is CC(C)CC(CN(C)C)Nc1ccc2nccnc2n1. The summed E-state index contributed by atoms with van der Waals surface area (Å²) in [7, 11) is 4.18. The number of fused-ring (bicyclic) bond motifs is 1. The van der Waals surface area contributed by atoms with E-state index in [1.165, 1.54) is 0 Å². The van der Waals surface area contributed by atoms with Crippen LogP contribution in [0.4, 0.5) is 5.82 Å². The van der Waals surface area contributed by atoms with Crippen LogP contribution in [0.15, 0.2) is 24.5 Å². The van der Waals surface area contributed by atoms with Crippen LogP contribution in [0.2, 0.25) is 0 Å². The maximum Gasteiger partial charge on any atom is 0.180 e. The first-order valence-electron chi connectivity index (χ1n) is 7.03. The molecule has 108 valence electrons. The summed E-state index contributed by atoms with van der Waals surface area (Å²) in [6, 6.07) is 4.31. The van der Waals surface area contributed by atoms with Crippen molar-refractivity contribution in [1.82, 2.24) is 19.9 Å². The quantitative estimate of drug-likeness (QED) is 0.876. The summed E-state index contributed by atoms with van der Waals surface area (Å²) in [5.41, 5.74) is 1.51. The highest BCUT2D eigenvalue weighted by Gasteiger charge is 2.13. The average molecular weight is 273 g/mol. The van der Waals surface area contributed by atoms with E-state index >= 15 is 0 Å². The fourth-order valence-electron chi connectivity index (χ4n) is 2.33. The second-order valence-electron chi connectivity index (χ2n) is 5.83. The molecule has 0 amide bonds. The fourth-order valence-corrected chi connectivity index (χ4v) is 2.33. The summed E-state index contributed by atoms with van der Waals surface area (Å²) in [6.07, 6.45) is 4.47. The number of likely N-dealkylation sites (N-methyl/N-ethyl adjacent to an activating group) is 1. The zero-order valence-electron chi connectivity index (χ0n) is 12.7. The van der Waals surface area contributed by atoms with Crippen molar-refractivity contribution in [3.8, 4) is 0 Å². The highest BCUT2D eigenvalue weighted by Crippen LogP contribution is 2.14. The molecule has 2 rings (SSSR count). The number of nitrogens with one attached hydrogen (secondary N) is 1. The maximum absolute atomic E-state index is 4.53. The van der Waals surface area contributed by atoms with Crippen LogP contribution in [0.1, 0.15) is 20.3 Å². The van der Waals surface area contributed by atoms with Crippen molar-refractivity contribution < 1.29 is 0 Å². The Balaban J connectivity index is 2.14. The number of rotatable bonds is 6. The van der Waals surface area contributed by atoms with E-state index in [1.807, 2.05) is 12.1 Å². The van der Waals surface area contributed by atoms with Crippen LogP contribution in [-0.4, -0.2) is 46.5 Å². The number of pyridine rings is 1. The Morgan fingerprint density at radius 3 is 2.60 bits per heavy atom. The minimum Gasteiger partial charge on any atom is -0.366 e. The number of aromatic nitrogens is 3. The van der Waals surface area contributed by atoms with Crippen molar-refractivity contribution in [3.05, 3.63) is 24.5 Å². The molecule has 0 bridgehead atoms. The molecular weight excluding hydrogens is 250 g/mol. The summed E-state index contributed by atoms with van der Waals surface area (Å²) in [5.74, 6) is 1.51. The summed E-state index contributed by atoms with van der Waals surface area (Å²) >= 11 is 0. The van der Waals surface area contributed by atoms with Gasteiger partial charge in [0.15, 0.2) is 5.65 Å². The van der Waals surface area contributed by atoms with Gasteiger partial charge in [0, 0.05) is 25.0 Å². The smallest absolute Gasteiger partial charge is 0.180 e. The molecule has 0 radical (unpaired) electrons. The zero-order chi connectivity index (χ0) is 14.5. The molecule has 2 heterocycles. The first kappa shape index (κ1) is 14.7.